The summed E-state index contributed by atoms with van der Waals surface area (Å²) in [4.78, 5) is 27.5. The van der Waals surface area contributed by atoms with Gasteiger partial charge in [-0.05, 0) is 56.5 Å². The van der Waals surface area contributed by atoms with Crippen molar-refractivity contribution >= 4 is 22.1 Å². The number of nitrogens with zero attached hydrogens (tertiary/aromatic N) is 5. The summed E-state index contributed by atoms with van der Waals surface area (Å²) in [6.07, 6.45) is -5.59. The van der Waals surface area contributed by atoms with Crippen molar-refractivity contribution in [2.45, 2.75) is 57.4 Å². The molecular formula is C28H33F3N6O8S. The lowest BCUT2D eigenvalue weighted by atomic mass is 10.1. The highest BCUT2D eigenvalue weighted by Crippen LogP contribution is 2.33. The molecule has 250 valence electrons. The third-order valence-corrected chi connectivity index (χ3v) is 7.53. The molecule has 0 fully saturated rings. The molecule has 1 atom stereocenters. The molecule has 1 amide bonds. The Balaban J connectivity index is 1.52. The van der Waals surface area contributed by atoms with Gasteiger partial charge in [-0.3, -0.25) is 9.63 Å². The summed E-state index contributed by atoms with van der Waals surface area (Å²) in [5, 5.41) is 20.0. The number of sulfonamides is 1. The lowest BCUT2D eigenvalue weighted by Crippen LogP contribution is -2.31. The number of hydrazine groups is 1. The molecule has 0 aliphatic carbocycles. The molecule has 1 heterocycles. The number of hydrogen-bond donors (Lipinski definition) is 1. The predicted molar refractivity (Wildman–Crippen MR) is 155 cm³/mol. The fourth-order valence-corrected chi connectivity index (χ4v) is 4.80. The summed E-state index contributed by atoms with van der Waals surface area (Å²) in [5.74, 6) is -0.594. The number of alkyl halides is 3. The Morgan fingerprint density at radius 1 is 1.11 bits per heavy atom. The van der Waals surface area contributed by atoms with E-state index in [-0.39, 0.29) is 34.4 Å². The van der Waals surface area contributed by atoms with Gasteiger partial charge in [-0.2, -0.15) is 18.3 Å². The number of benzene rings is 2. The Hall–Kier alpha value is -4.87. The van der Waals surface area contributed by atoms with Gasteiger partial charge in [0.05, 0.1) is 41.4 Å². The van der Waals surface area contributed by atoms with Gasteiger partial charge < -0.3 is 14.7 Å². The number of ether oxygens (including phenoxy) is 2. The van der Waals surface area contributed by atoms with Crippen LogP contribution in [-0.4, -0.2) is 66.7 Å². The largest absolute Gasteiger partial charge is 0.569 e. The van der Waals surface area contributed by atoms with Crippen LogP contribution >= 0.6 is 0 Å². The van der Waals surface area contributed by atoms with Crippen molar-refractivity contribution in [1.82, 2.24) is 19.5 Å². The second kappa shape index (κ2) is 15.4. The molecule has 0 aliphatic heterocycles. The number of rotatable bonds is 14. The number of halogens is 3. The quantitative estimate of drug-likeness (QED) is 0.0608. The van der Waals surface area contributed by atoms with Crippen molar-refractivity contribution in [2.75, 3.05) is 20.2 Å². The second-order valence-electron chi connectivity index (χ2n) is 9.98. The first kappa shape index (κ1) is 35.6. The highest BCUT2D eigenvalue weighted by atomic mass is 32.2. The van der Waals surface area contributed by atoms with Gasteiger partial charge in [0, 0.05) is 19.4 Å². The number of esters is 1. The van der Waals surface area contributed by atoms with Gasteiger partial charge in [-0.1, -0.05) is 29.8 Å². The van der Waals surface area contributed by atoms with Crippen LogP contribution in [0.25, 0.3) is 16.9 Å². The summed E-state index contributed by atoms with van der Waals surface area (Å²) in [7, 11) is -2.91. The zero-order valence-electron chi connectivity index (χ0n) is 25.4. The van der Waals surface area contributed by atoms with E-state index >= 15 is 0 Å². The Bertz CT molecular complexity index is 1630. The first-order chi connectivity index (χ1) is 21.6. The van der Waals surface area contributed by atoms with E-state index in [9.17, 15) is 36.4 Å². The van der Waals surface area contributed by atoms with Crippen LogP contribution in [0.15, 0.2) is 64.8 Å². The van der Waals surface area contributed by atoms with Crippen LogP contribution < -0.4 is 4.72 Å². The molecule has 3 aromatic rings. The molecule has 1 N–H and O–H groups in total. The van der Waals surface area contributed by atoms with E-state index in [2.05, 4.69) is 15.1 Å². The monoisotopic (exact) mass is 670 g/mol. The average molecular weight is 671 g/mol. The number of aromatic nitrogens is 2. The molecule has 18 heteroatoms. The van der Waals surface area contributed by atoms with E-state index in [1.165, 1.54) is 38.0 Å². The van der Waals surface area contributed by atoms with Crippen molar-refractivity contribution in [2.24, 2.45) is 5.28 Å². The normalized spacial score (nSPS) is 12.7. The standard InChI is InChI=1S/C28H33F3N6O8S/c1-19-8-10-22(11-9-19)25-18-26(28(29,30)31)32-36(25)23-12-14-24(15-13-23)46(41,42)33-27(39)43-17-7-5-6-16-35(4)37(40)34-45-21(3)44-20(2)38/h8-15,18,21H,5-7,16-17H2,1-4H3,(H,33,39)/b37-34-. The maximum atomic E-state index is 13.5. The minimum atomic E-state index is -4.70. The van der Waals surface area contributed by atoms with Crippen molar-refractivity contribution in [3.63, 3.8) is 0 Å². The second-order valence-corrected chi connectivity index (χ2v) is 11.7. The lowest BCUT2D eigenvalue weighted by molar-refractivity contribution is -0.707. The summed E-state index contributed by atoms with van der Waals surface area (Å²) in [6.45, 7) is 4.56. The minimum absolute atomic E-state index is 0.110. The first-order valence-electron chi connectivity index (χ1n) is 13.8. The van der Waals surface area contributed by atoms with Gasteiger partial charge >= 0.3 is 18.2 Å². The Kier molecular flexibility index (Phi) is 11.9. The van der Waals surface area contributed by atoms with Crippen molar-refractivity contribution in [3.8, 4) is 16.9 Å². The first-order valence-corrected chi connectivity index (χ1v) is 15.3. The summed E-state index contributed by atoms with van der Waals surface area (Å²) in [5.41, 5.74) is 0.585. The van der Waals surface area contributed by atoms with E-state index < -0.39 is 40.2 Å². The molecule has 3 rings (SSSR count). The molecule has 0 bridgehead atoms. The fourth-order valence-electron chi connectivity index (χ4n) is 3.91. The van der Waals surface area contributed by atoms with E-state index in [1.807, 2.05) is 6.92 Å². The van der Waals surface area contributed by atoms with Crippen molar-refractivity contribution in [3.05, 3.63) is 71.1 Å². The predicted octanol–water partition coefficient (Wildman–Crippen LogP) is 5.10. The van der Waals surface area contributed by atoms with Crippen LogP contribution in [0.5, 0.6) is 0 Å². The van der Waals surface area contributed by atoms with Crippen molar-refractivity contribution < 1.29 is 50.5 Å². The van der Waals surface area contributed by atoms with Crippen LogP contribution in [-0.2, 0) is 35.3 Å². The summed E-state index contributed by atoms with van der Waals surface area (Å²) < 4.78 is 78.3. The summed E-state index contributed by atoms with van der Waals surface area (Å²) >= 11 is 0. The van der Waals surface area contributed by atoms with Gasteiger partial charge in [-0.25, -0.2) is 22.6 Å². The number of nitrogens with one attached hydrogen (secondary N) is 1. The SMILES string of the molecule is CC(=O)OC(C)O/N=[N+](\[O-])N(C)CCCCCOC(=O)NS(=O)(=O)c1ccc(-n2nc(C(F)(F)F)cc2-c2ccc(C)cc2)cc1. The maximum Gasteiger partial charge on any atom is 0.435 e. The highest BCUT2D eigenvalue weighted by molar-refractivity contribution is 7.90. The van der Waals surface area contributed by atoms with Gasteiger partial charge in [-0.15, -0.1) is 5.01 Å². The number of carbonyl (C=O) groups excluding carboxylic acids is 2. The van der Waals surface area contributed by atoms with Crippen LogP contribution in [0.4, 0.5) is 18.0 Å². The van der Waals surface area contributed by atoms with Gasteiger partial charge in [0.15, 0.2) is 5.69 Å². The number of aryl methyl sites for hydroxylation is 1. The Morgan fingerprint density at radius 3 is 2.37 bits per heavy atom. The molecule has 0 spiro atoms. The minimum Gasteiger partial charge on any atom is -0.569 e. The third-order valence-electron chi connectivity index (χ3n) is 6.21. The third kappa shape index (κ3) is 10.4. The van der Waals surface area contributed by atoms with Crippen LogP contribution in [0.1, 0.15) is 44.4 Å². The van der Waals surface area contributed by atoms with Gasteiger partial charge in [0.1, 0.15) is 0 Å². The summed E-state index contributed by atoms with van der Waals surface area (Å²) in [6, 6.07) is 12.5. The van der Waals surface area contributed by atoms with Gasteiger partial charge in [0.2, 0.25) is 5.28 Å². The molecule has 46 heavy (non-hydrogen) atoms. The van der Waals surface area contributed by atoms with E-state index in [0.29, 0.717) is 24.8 Å². The highest BCUT2D eigenvalue weighted by Gasteiger charge is 2.35. The van der Waals surface area contributed by atoms with E-state index in [4.69, 9.17) is 9.57 Å². The van der Waals surface area contributed by atoms with E-state index in [0.717, 1.165) is 28.4 Å². The topological polar surface area (TPSA) is 167 Å². The van der Waals surface area contributed by atoms with Gasteiger partial charge in [0.25, 0.3) is 16.3 Å². The van der Waals surface area contributed by atoms with Crippen LogP contribution in [0, 0.1) is 12.1 Å². The molecular weight excluding hydrogens is 637 g/mol. The molecule has 1 unspecified atom stereocenters. The molecule has 0 radical (unpaired) electrons. The zero-order chi connectivity index (χ0) is 34.1. The number of carbonyl (C=O) groups is 2. The number of unbranched alkanes of at least 4 members (excludes halogenated alkanes) is 2. The molecule has 14 nitrogen and oxygen atoms in total. The maximum absolute atomic E-state index is 13.5. The zero-order valence-corrected chi connectivity index (χ0v) is 26.2. The Labute approximate surface area is 262 Å². The molecule has 2 aromatic carbocycles. The molecule has 0 saturated heterocycles. The number of amides is 1. The molecule has 0 aliphatic rings. The Morgan fingerprint density at radius 2 is 1.76 bits per heavy atom. The van der Waals surface area contributed by atoms with Crippen molar-refractivity contribution in [1.29, 1.82) is 0 Å². The smallest absolute Gasteiger partial charge is 0.435 e. The molecule has 0 saturated carbocycles. The lowest BCUT2D eigenvalue weighted by Gasteiger charge is -2.14. The van der Waals surface area contributed by atoms with E-state index in [1.54, 1.807) is 29.0 Å². The molecule has 1 aromatic heterocycles. The average Bonchev–Trinajstić information content (AvgIpc) is 3.44. The van der Waals surface area contributed by atoms with Crippen LogP contribution in [0.2, 0.25) is 0 Å². The fraction of sp³-hybridized carbons (Fsp3) is 0.393. The van der Waals surface area contributed by atoms with Crippen LogP contribution in [0.3, 0.4) is 0 Å². The number of hydrogen-bond acceptors (Lipinski definition) is 10.